The molecular formula is C21H23N3O5. The molecule has 0 saturated heterocycles. The second-order valence-corrected chi connectivity index (χ2v) is 7.20. The number of rotatable bonds is 9. The Labute approximate surface area is 168 Å². The second-order valence-electron chi connectivity index (χ2n) is 7.20. The summed E-state index contributed by atoms with van der Waals surface area (Å²) < 4.78 is 0. The van der Waals surface area contributed by atoms with E-state index in [1.165, 1.54) is 18.2 Å². The minimum atomic E-state index is -1.28. The molecule has 1 fully saturated rings. The fraction of sp³-hybridized carbons (Fsp3) is 0.333. The van der Waals surface area contributed by atoms with Crippen LogP contribution >= 0.6 is 0 Å². The Morgan fingerprint density at radius 2 is 1.90 bits per heavy atom. The molecule has 1 unspecified atom stereocenters. The summed E-state index contributed by atoms with van der Waals surface area (Å²) in [6, 6.07) is 13.2. The zero-order valence-electron chi connectivity index (χ0n) is 16.1. The summed E-state index contributed by atoms with van der Waals surface area (Å²) >= 11 is 0. The van der Waals surface area contributed by atoms with E-state index in [0.717, 1.165) is 12.8 Å². The molecule has 2 aromatic rings. The van der Waals surface area contributed by atoms with Crippen LogP contribution in [0.15, 0.2) is 48.5 Å². The number of hydrogen-bond acceptors (Lipinski definition) is 5. The van der Waals surface area contributed by atoms with Gasteiger partial charge in [-0.05, 0) is 37.0 Å². The van der Waals surface area contributed by atoms with Crippen LogP contribution in [0.5, 0.6) is 0 Å². The van der Waals surface area contributed by atoms with Crippen molar-refractivity contribution < 1.29 is 19.6 Å². The van der Waals surface area contributed by atoms with E-state index in [0.29, 0.717) is 11.3 Å². The van der Waals surface area contributed by atoms with Crippen molar-refractivity contribution in [1.82, 2.24) is 5.32 Å². The van der Waals surface area contributed by atoms with Crippen LogP contribution in [0.3, 0.4) is 0 Å². The van der Waals surface area contributed by atoms with Crippen molar-refractivity contribution >= 4 is 23.3 Å². The lowest BCUT2D eigenvalue weighted by molar-refractivity contribution is -0.384. The molecule has 0 aliphatic heterocycles. The number of amides is 1. The molecule has 1 atom stereocenters. The highest BCUT2D eigenvalue weighted by molar-refractivity contribution is 5.96. The molecule has 0 heterocycles. The van der Waals surface area contributed by atoms with E-state index < -0.39 is 22.2 Å². The normalized spacial score (nSPS) is 15.2. The van der Waals surface area contributed by atoms with Crippen molar-refractivity contribution in [2.45, 2.75) is 37.6 Å². The first-order chi connectivity index (χ1) is 13.9. The van der Waals surface area contributed by atoms with E-state index in [1.807, 2.05) is 0 Å². The van der Waals surface area contributed by atoms with Crippen molar-refractivity contribution in [3.8, 4) is 0 Å². The molecule has 3 rings (SSSR count). The number of carbonyl (C=O) groups is 2. The number of aliphatic carboxylic acids is 1. The van der Waals surface area contributed by atoms with Gasteiger partial charge >= 0.3 is 5.97 Å². The maximum Gasteiger partial charge on any atom is 0.315 e. The number of nitrogens with zero attached hydrogens (tertiary/aromatic N) is 1. The summed E-state index contributed by atoms with van der Waals surface area (Å²) in [6.45, 7) is 1.62. The summed E-state index contributed by atoms with van der Waals surface area (Å²) in [7, 11) is 0. The van der Waals surface area contributed by atoms with Crippen LogP contribution in [0.4, 0.5) is 11.4 Å². The third kappa shape index (κ3) is 4.37. The van der Waals surface area contributed by atoms with Gasteiger partial charge in [-0.25, -0.2) is 0 Å². The number of carboxylic acid groups (broad SMARTS) is 1. The molecule has 0 radical (unpaired) electrons. The molecule has 0 bridgehead atoms. The van der Waals surface area contributed by atoms with Gasteiger partial charge < -0.3 is 15.7 Å². The minimum absolute atomic E-state index is 0.113. The predicted molar refractivity (Wildman–Crippen MR) is 108 cm³/mol. The molecule has 0 spiro atoms. The van der Waals surface area contributed by atoms with Crippen LogP contribution in [-0.4, -0.2) is 34.5 Å². The first-order valence-electron chi connectivity index (χ1n) is 9.49. The highest BCUT2D eigenvalue weighted by atomic mass is 16.6. The Hall–Kier alpha value is -3.42. The van der Waals surface area contributed by atoms with Gasteiger partial charge in [-0.3, -0.25) is 19.7 Å². The van der Waals surface area contributed by atoms with Gasteiger partial charge in [0.25, 0.3) is 11.6 Å². The van der Waals surface area contributed by atoms with E-state index in [1.54, 1.807) is 37.3 Å². The average Bonchev–Trinajstić information content (AvgIpc) is 3.53. The Morgan fingerprint density at radius 1 is 1.21 bits per heavy atom. The monoisotopic (exact) mass is 397 g/mol. The fourth-order valence-electron chi connectivity index (χ4n) is 3.27. The fourth-order valence-corrected chi connectivity index (χ4v) is 3.27. The van der Waals surface area contributed by atoms with E-state index in [-0.39, 0.29) is 30.3 Å². The molecule has 1 aliphatic carbocycles. The molecule has 1 saturated carbocycles. The van der Waals surface area contributed by atoms with E-state index in [2.05, 4.69) is 10.6 Å². The summed E-state index contributed by atoms with van der Waals surface area (Å²) in [4.78, 5) is 35.5. The summed E-state index contributed by atoms with van der Waals surface area (Å²) in [6.07, 6.45) is 2.21. The number of nitro benzene ring substituents is 1. The molecule has 152 valence electrons. The average molecular weight is 397 g/mol. The van der Waals surface area contributed by atoms with Crippen molar-refractivity contribution in [2.24, 2.45) is 0 Å². The number of nitrogens with one attached hydrogen (secondary N) is 2. The quantitative estimate of drug-likeness (QED) is 0.441. The maximum absolute atomic E-state index is 12.6. The van der Waals surface area contributed by atoms with E-state index in [4.69, 9.17) is 0 Å². The smallest absolute Gasteiger partial charge is 0.315 e. The van der Waals surface area contributed by atoms with Crippen molar-refractivity contribution in [1.29, 1.82) is 0 Å². The number of benzene rings is 2. The Kier molecular flexibility index (Phi) is 5.81. The molecule has 1 aliphatic rings. The van der Waals surface area contributed by atoms with Crippen molar-refractivity contribution in [3.05, 3.63) is 69.8 Å². The van der Waals surface area contributed by atoms with Crippen LogP contribution in [0.25, 0.3) is 0 Å². The lowest BCUT2D eigenvalue weighted by Crippen LogP contribution is -2.46. The third-order valence-corrected chi connectivity index (χ3v) is 5.28. The van der Waals surface area contributed by atoms with Gasteiger partial charge in [0.15, 0.2) is 0 Å². The van der Waals surface area contributed by atoms with Crippen LogP contribution in [0, 0.1) is 10.1 Å². The molecule has 2 aromatic carbocycles. The van der Waals surface area contributed by atoms with Gasteiger partial charge in [0.2, 0.25) is 0 Å². The Bertz CT molecular complexity index is 927. The van der Waals surface area contributed by atoms with Gasteiger partial charge in [-0.1, -0.05) is 37.3 Å². The lowest BCUT2D eigenvalue weighted by Gasteiger charge is -2.29. The molecule has 1 amide bonds. The van der Waals surface area contributed by atoms with Crippen LogP contribution in [0.2, 0.25) is 0 Å². The second kappa shape index (κ2) is 8.30. The number of carbonyl (C=O) groups excluding carboxylic acids is 1. The lowest BCUT2D eigenvalue weighted by atomic mass is 9.78. The standard InChI is InChI=1S/C21H23N3O5/c1-2-21(20(26)27,15-6-4-3-5-7-15)13-22-19(25)14-8-11-17(23-16-9-10-16)18(12-14)24(28)29/h3-8,11-12,16,23H,2,9-10,13H2,1H3,(H,22,25)(H,26,27). The summed E-state index contributed by atoms with van der Waals surface area (Å²) in [5, 5.41) is 27.0. The molecule has 8 heteroatoms. The number of anilines is 1. The van der Waals surface area contributed by atoms with Gasteiger partial charge in [-0.2, -0.15) is 0 Å². The maximum atomic E-state index is 12.6. The van der Waals surface area contributed by atoms with Crippen LogP contribution < -0.4 is 10.6 Å². The zero-order chi connectivity index (χ0) is 21.0. The first-order valence-corrected chi connectivity index (χ1v) is 9.49. The predicted octanol–water partition coefficient (Wildman–Crippen LogP) is 3.33. The summed E-state index contributed by atoms with van der Waals surface area (Å²) in [5.74, 6) is -1.59. The highest BCUT2D eigenvalue weighted by Gasteiger charge is 2.39. The Balaban J connectivity index is 1.80. The van der Waals surface area contributed by atoms with Crippen LogP contribution in [0.1, 0.15) is 42.1 Å². The first kappa shape index (κ1) is 20.3. The Morgan fingerprint density at radius 3 is 2.45 bits per heavy atom. The topological polar surface area (TPSA) is 122 Å². The van der Waals surface area contributed by atoms with Crippen molar-refractivity contribution in [3.63, 3.8) is 0 Å². The third-order valence-electron chi connectivity index (χ3n) is 5.28. The molecule has 8 nitrogen and oxygen atoms in total. The largest absolute Gasteiger partial charge is 0.481 e. The van der Waals surface area contributed by atoms with E-state index >= 15 is 0 Å². The van der Waals surface area contributed by atoms with Gasteiger partial charge in [0.1, 0.15) is 11.1 Å². The van der Waals surface area contributed by atoms with Crippen LogP contribution in [-0.2, 0) is 10.2 Å². The number of nitro groups is 1. The highest BCUT2D eigenvalue weighted by Crippen LogP contribution is 2.32. The van der Waals surface area contributed by atoms with Gasteiger partial charge in [0, 0.05) is 24.2 Å². The SMILES string of the molecule is CCC(CNC(=O)c1ccc(NC2CC2)c([N+](=O)[O-])c1)(C(=O)O)c1ccccc1. The molecular weight excluding hydrogens is 374 g/mol. The number of carboxylic acids is 1. The number of hydrogen-bond donors (Lipinski definition) is 3. The molecule has 3 N–H and O–H groups in total. The van der Waals surface area contributed by atoms with Gasteiger partial charge in [0.05, 0.1) is 4.92 Å². The minimum Gasteiger partial charge on any atom is -0.481 e. The van der Waals surface area contributed by atoms with Crippen molar-refractivity contribution in [2.75, 3.05) is 11.9 Å². The summed E-state index contributed by atoms with van der Waals surface area (Å²) in [5.41, 5.74) is -0.373. The molecule has 29 heavy (non-hydrogen) atoms. The van der Waals surface area contributed by atoms with Gasteiger partial charge in [-0.15, -0.1) is 0 Å². The van der Waals surface area contributed by atoms with E-state index in [9.17, 15) is 24.8 Å². The zero-order valence-corrected chi connectivity index (χ0v) is 16.1. The molecule has 0 aromatic heterocycles.